The summed E-state index contributed by atoms with van der Waals surface area (Å²) in [6.45, 7) is 9.17. The maximum Gasteiger partial charge on any atom is 0.111 e. The summed E-state index contributed by atoms with van der Waals surface area (Å²) in [5, 5.41) is 0. The van der Waals surface area contributed by atoms with Crippen LogP contribution < -0.4 is 0 Å². The van der Waals surface area contributed by atoms with E-state index in [1.165, 1.54) is 128 Å². The minimum Gasteiger partial charge on any atom is -0.332 e. The Labute approximate surface area is 189 Å². The Morgan fingerprint density at radius 2 is 1.03 bits per heavy atom. The van der Waals surface area contributed by atoms with Crippen molar-refractivity contribution < 1.29 is 0 Å². The third-order valence-electron chi connectivity index (χ3n) is 6.68. The van der Waals surface area contributed by atoms with Crippen LogP contribution in [0, 0.1) is 0 Å². The highest BCUT2D eigenvalue weighted by atomic mass is 15.1. The van der Waals surface area contributed by atoms with Gasteiger partial charge in [0.15, 0.2) is 0 Å². The summed E-state index contributed by atoms with van der Waals surface area (Å²) in [5.41, 5.74) is 0. The Bertz CT molecular complexity index is 477. The van der Waals surface area contributed by atoms with Gasteiger partial charge in [-0.25, -0.2) is 4.98 Å². The predicted octanol–water partition coefficient (Wildman–Crippen LogP) is 10.00. The van der Waals surface area contributed by atoms with E-state index in [2.05, 4.69) is 38.5 Å². The molecule has 30 heavy (non-hydrogen) atoms. The molecule has 0 aliphatic heterocycles. The molecule has 1 heterocycles. The second-order valence-electron chi connectivity index (χ2n) is 9.86. The maximum absolute atomic E-state index is 4.80. The standard InChI is InChI=1S/C28H54N2/c1-5-7-9-11-13-14-15-16-17-19-21-23-27(22-20-18-12-10-8-6-2)28-29-24-25-30(28)26(3)4/h24-27H,5-23H2,1-4H3. The SMILES string of the molecule is CCCCCCCCCCCCCC(CCCCCCCC)c1nccn1C(C)C. The van der Waals surface area contributed by atoms with E-state index in [1.807, 2.05) is 6.20 Å². The number of hydrogen-bond donors (Lipinski definition) is 0. The average Bonchev–Trinajstić information content (AvgIpc) is 3.23. The molecule has 2 heteroatoms. The van der Waals surface area contributed by atoms with Gasteiger partial charge in [0.2, 0.25) is 0 Å². The fourth-order valence-electron chi connectivity index (χ4n) is 4.71. The van der Waals surface area contributed by atoms with Crippen molar-refractivity contribution >= 4 is 0 Å². The molecule has 0 spiro atoms. The van der Waals surface area contributed by atoms with Crippen LogP contribution in [0.3, 0.4) is 0 Å². The summed E-state index contributed by atoms with van der Waals surface area (Å²) in [5.74, 6) is 2.01. The Hall–Kier alpha value is -0.790. The monoisotopic (exact) mass is 418 g/mol. The second kappa shape index (κ2) is 18.9. The van der Waals surface area contributed by atoms with Gasteiger partial charge in [-0.1, -0.05) is 123 Å². The number of rotatable bonds is 21. The fourth-order valence-corrected chi connectivity index (χ4v) is 4.71. The molecule has 0 bridgehead atoms. The Balaban J connectivity index is 2.26. The highest BCUT2D eigenvalue weighted by molar-refractivity contribution is 5.02. The fraction of sp³-hybridized carbons (Fsp3) is 0.893. The van der Waals surface area contributed by atoms with Crippen molar-refractivity contribution in [2.75, 3.05) is 0 Å². The van der Waals surface area contributed by atoms with Gasteiger partial charge >= 0.3 is 0 Å². The summed E-state index contributed by atoms with van der Waals surface area (Å²) in [6, 6.07) is 0.520. The smallest absolute Gasteiger partial charge is 0.111 e. The average molecular weight is 419 g/mol. The van der Waals surface area contributed by atoms with E-state index in [0.29, 0.717) is 12.0 Å². The van der Waals surface area contributed by atoms with Crippen molar-refractivity contribution in [3.63, 3.8) is 0 Å². The number of hydrogen-bond acceptors (Lipinski definition) is 1. The third kappa shape index (κ3) is 12.8. The minimum atomic E-state index is 0.520. The zero-order valence-corrected chi connectivity index (χ0v) is 21.1. The first-order chi connectivity index (χ1) is 14.7. The van der Waals surface area contributed by atoms with Crippen LogP contribution in [0.1, 0.15) is 167 Å². The lowest BCUT2D eigenvalue weighted by Gasteiger charge is -2.20. The van der Waals surface area contributed by atoms with E-state index >= 15 is 0 Å². The lowest BCUT2D eigenvalue weighted by molar-refractivity contribution is 0.442. The zero-order valence-electron chi connectivity index (χ0n) is 21.1. The van der Waals surface area contributed by atoms with Gasteiger partial charge in [-0.05, 0) is 26.7 Å². The van der Waals surface area contributed by atoms with E-state index in [0.717, 1.165) is 0 Å². The lowest BCUT2D eigenvalue weighted by atomic mass is 9.93. The molecule has 0 aromatic carbocycles. The van der Waals surface area contributed by atoms with Gasteiger partial charge in [-0.3, -0.25) is 0 Å². The highest BCUT2D eigenvalue weighted by Crippen LogP contribution is 2.29. The molecule has 0 saturated carbocycles. The third-order valence-corrected chi connectivity index (χ3v) is 6.68. The summed E-state index contributed by atoms with van der Waals surface area (Å²) in [4.78, 5) is 4.80. The van der Waals surface area contributed by atoms with Gasteiger partial charge in [-0.15, -0.1) is 0 Å². The van der Waals surface area contributed by atoms with Crippen LogP contribution in [0.2, 0.25) is 0 Å². The molecule has 1 unspecified atom stereocenters. The molecule has 2 nitrogen and oxygen atoms in total. The molecule has 0 saturated heterocycles. The first kappa shape index (κ1) is 27.2. The molecule has 0 amide bonds. The molecule has 1 atom stereocenters. The summed E-state index contributed by atoms with van der Waals surface area (Å²) in [7, 11) is 0. The van der Waals surface area contributed by atoms with Crippen LogP contribution >= 0.6 is 0 Å². The van der Waals surface area contributed by atoms with Crippen LogP contribution in [0.4, 0.5) is 0 Å². The van der Waals surface area contributed by atoms with Crippen molar-refractivity contribution in [2.45, 2.75) is 162 Å². The van der Waals surface area contributed by atoms with Crippen LogP contribution in [-0.4, -0.2) is 9.55 Å². The maximum atomic E-state index is 4.80. The highest BCUT2D eigenvalue weighted by Gasteiger charge is 2.17. The van der Waals surface area contributed by atoms with E-state index in [4.69, 9.17) is 4.98 Å². The van der Waals surface area contributed by atoms with E-state index < -0.39 is 0 Å². The largest absolute Gasteiger partial charge is 0.332 e. The molecular formula is C28H54N2. The van der Waals surface area contributed by atoms with E-state index in [-0.39, 0.29) is 0 Å². The summed E-state index contributed by atoms with van der Waals surface area (Å²) in [6.07, 6.45) is 30.9. The van der Waals surface area contributed by atoms with E-state index in [9.17, 15) is 0 Å². The van der Waals surface area contributed by atoms with Gasteiger partial charge in [0.25, 0.3) is 0 Å². The van der Waals surface area contributed by atoms with Crippen molar-refractivity contribution in [3.8, 4) is 0 Å². The molecule has 1 rings (SSSR count). The Morgan fingerprint density at radius 3 is 1.43 bits per heavy atom. The van der Waals surface area contributed by atoms with Crippen LogP contribution in [0.25, 0.3) is 0 Å². The quantitative estimate of drug-likeness (QED) is 0.182. The Kier molecular flexibility index (Phi) is 17.2. The molecular weight excluding hydrogens is 364 g/mol. The first-order valence-electron chi connectivity index (χ1n) is 13.7. The molecule has 1 aromatic rings. The molecule has 0 radical (unpaired) electrons. The second-order valence-corrected chi connectivity index (χ2v) is 9.86. The van der Waals surface area contributed by atoms with Crippen molar-refractivity contribution in [1.82, 2.24) is 9.55 Å². The summed E-state index contributed by atoms with van der Waals surface area (Å²) < 4.78 is 2.42. The number of unbranched alkanes of at least 4 members (excludes halogenated alkanes) is 15. The van der Waals surface area contributed by atoms with Crippen LogP contribution in [0.15, 0.2) is 12.4 Å². The van der Waals surface area contributed by atoms with Gasteiger partial charge in [0.1, 0.15) is 5.82 Å². The molecule has 176 valence electrons. The zero-order chi connectivity index (χ0) is 21.9. The van der Waals surface area contributed by atoms with E-state index in [1.54, 1.807) is 0 Å². The van der Waals surface area contributed by atoms with Gasteiger partial charge < -0.3 is 4.57 Å². The van der Waals surface area contributed by atoms with Crippen molar-refractivity contribution in [1.29, 1.82) is 0 Å². The van der Waals surface area contributed by atoms with Crippen molar-refractivity contribution in [2.24, 2.45) is 0 Å². The van der Waals surface area contributed by atoms with Crippen LogP contribution in [0.5, 0.6) is 0 Å². The molecule has 0 aliphatic carbocycles. The van der Waals surface area contributed by atoms with Crippen molar-refractivity contribution in [3.05, 3.63) is 18.2 Å². The molecule has 0 aliphatic rings. The number of nitrogens with zero attached hydrogens (tertiary/aromatic N) is 2. The molecule has 0 N–H and O–H groups in total. The number of imidazole rings is 1. The Morgan fingerprint density at radius 1 is 0.633 bits per heavy atom. The predicted molar refractivity (Wildman–Crippen MR) is 134 cm³/mol. The minimum absolute atomic E-state index is 0.520. The van der Waals surface area contributed by atoms with Gasteiger partial charge in [0, 0.05) is 24.4 Å². The molecule has 0 fully saturated rings. The first-order valence-corrected chi connectivity index (χ1v) is 13.7. The van der Waals surface area contributed by atoms with Crippen LogP contribution in [-0.2, 0) is 0 Å². The topological polar surface area (TPSA) is 17.8 Å². The van der Waals surface area contributed by atoms with Gasteiger partial charge in [-0.2, -0.15) is 0 Å². The normalized spacial score (nSPS) is 12.7. The number of aromatic nitrogens is 2. The lowest BCUT2D eigenvalue weighted by Crippen LogP contribution is -2.11. The van der Waals surface area contributed by atoms with Gasteiger partial charge in [0.05, 0.1) is 0 Å². The summed E-state index contributed by atoms with van der Waals surface area (Å²) >= 11 is 0. The molecule has 1 aromatic heterocycles.